The highest BCUT2D eigenvalue weighted by Gasteiger charge is 2.33. The summed E-state index contributed by atoms with van der Waals surface area (Å²) in [6.07, 6.45) is 1.63. The first kappa shape index (κ1) is 14.0. The van der Waals surface area contributed by atoms with Gasteiger partial charge >= 0.3 is 0 Å². The quantitative estimate of drug-likeness (QED) is 0.843. The number of hydrogen-bond donors (Lipinski definition) is 1. The lowest BCUT2D eigenvalue weighted by atomic mass is 10.1. The maximum absolute atomic E-state index is 12.3. The largest absolute Gasteiger partial charge is 0.385 e. The smallest absolute Gasteiger partial charge is 0.241 e. The normalized spacial score (nSPS) is 20.8. The summed E-state index contributed by atoms with van der Waals surface area (Å²) >= 11 is 0. The van der Waals surface area contributed by atoms with Crippen molar-refractivity contribution >= 4 is 5.91 Å². The lowest BCUT2D eigenvalue weighted by Gasteiger charge is -2.23. The van der Waals surface area contributed by atoms with E-state index < -0.39 is 0 Å². The SMILES string of the molecule is COCCC(C)N1CNC(Cc2ccccc2)C1=O. The standard InChI is InChI=1S/C15H22N2O2/c1-12(8-9-19-2)17-11-16-14(15(17)18)10-13-6-4-3-5-7-13/h3-7,12,14,16H,8-11H2,1-2H3. The van der Waals surface area contributed by atoms with Gasteiger partial charge in [-0.15, -0.1) is 0 Å². The Balaban J connectivity index is 1.90. The van der Waals surface area contributed by atoms with Gasteiger partial charge in [-0.05, 0) is 25.3 Å². The van der Waals surface area contributed by atoms with E-state index in [1.807, 2.05) is 23.1 Å². The zero-order chi connectivity index (χ0) is 13.7. The number of nitrogens with zero attached hydrogens (tertiary/aromatic N) is 1. The van der Waals surface area contributed by atoms with E-state index in [9.17, 15) is 4.79 Å². The molecule has 0 aliphatic carbocycles. The van der Waals surface area contributed by atoms with E-state index in [0.717, 1.165) is 12.8 Å². The summed E-state index contributed by atoms with van der Waals surface area (Å²) in [5.74, 6) is 0.201. The fraction of sp³-hybridized carbons (Fsp3) is 0.533. The number of benzene rings is 1. The van der Waals surface area contributed by atoms with E-state index in [1.165, 1.54) is 5.56 Å². The number of rotatable bonds is 6. The molecule has 1 fully saturated rings. The van der Waals surface area contributed by atoms with Crippen molar-refractivity contribution in [3.05, 3.63) is 35.9 Å². The van der Waals surface area contributed by atoms with Gasteiger partial charge in [0.1, 0.15) is 0 Å². The Morgan fingerprint density at radius 2 is 2.16 bits per heavy atom. The molecule has 1 N–H and O–H groups in total. The maximum Gasteiger partial charge on any atom is 0.241 e. The summed E-state index contributed by atoms with van der Waals surface area (Å²) < 4.78 is 5.07. The van der Waals surface area contributed by atoms with Crippen LogP contribution in [0.3, 0.4) is 0 Å². The van der Waals surface area contributed by atoms with Crippen molar-refractivity contribution < 1.29 is 9.53 Å². The van der Waals surface area contributed by atoms with Crippen LogP contribution >= 0.6 is 0 Å². The molecule has 1 heterocycles. The van der Waals surface area contributed by atoms with Gasteiger partial charge in [0, 0.05) is 19.8 Å². The third-order valence-corrected chi connectivity index (χ3v) is 3.64. The molecule has 104 valence electrons. The molecule has 19 heavy (non-hydrogen) atoms. The molecule has 1 aliphatic rings. The molecular formula is C15H22N2O2. The lowest BCUT2D eigenvalue weighted by molar-refractivity contribution is -0.130. The summed E-state index contributed by atoms with van der Waals surface area (Å²) in [6, 6.07) is 10.3. The molecule has 0 radical (unpaired) electrons. The fourth-order valence-electron chi connectivity index (χ4n) is 2.40. The van der Waals surface area contributed by atoms with Gasteiger partial charge in [0.05, 0.1) is 12.7 Å². The Hall–Kier alpha value is -1.39. The molecule has 0 aromatic heterocycles. The van der Waals surface area contributed by atoms with Crippen molar-refractivity contribution in [3.8, 4) is 0 Å². The molecule has 1 saturated heterocycles. The fourth-order valence-corrected chi connectivity index (χ4v) is 2.40. The van der Waals surface area contributed by atoms with Crippen LogP contribution in [0.4, 0.5) is 0 Å². The first-order valence-corrected chi connectivity index (χ1v) is 6.79. The Kier molecular flexibility index (Phi) is 4.93. The van der Waals surface area contributed by atoms with Gasteiger partial charge in [-0.2, -0.15) is 0 Å². The number of amides is 1. The van der Waals surface area contributed by atoms with Crippen LogP contribution in [0, 0.1) is 0 Å². The zero-order valence-corrected chi connectivity index (χ0v) is 11.6. The number of methoxy groups -OCH3 is 1. The second-order valence-electron chi connectivity index (χ2n) is 5.04. The van der Waals surface area contributed by atoms with Crippen molar-refractivity contribution in [2.45, 2.75) is 31.8 Å². The second kappa shape index (κ2) is 6.68. The first-order valence-electron chi connectivity index (χ1n) is 6.79. The van der Waals surface area contributed by atoms with Crippen LogP contribution in [-0.4, -0.2) is 43.3 Å². The zero-order valence-electron chi connectivity index (χ0n) is 11.6. The molecule has 4 heteroatoms. The Labute approximate surface area is 114 Å². The third-order valence-electron chi connectivity index (χ3n) is 3.64. The highest BCUT2D eigenvalue weighted by molar-refractivity contribution is 5.84. The highest BCUT2D eigenvalue weighted by Crippen LogP contribution is 2.14. The minimum atomic E-state index is -0.0904. The molecule has 0 saturated carbocycles. The van der Waals surface area contributed by atoms with Gasteiger partial charge in [-0.3, -0.25) is 10.1 Å². The predicted molar refractivity (Wildman–Crippen MR) is 74.7 cm³/mol. The summed E-state index contributed by atoms with van der Waals surface area (Å²) in [4.78, 5) is 14.2. The van der Waals surface area contributed by atoms with Crippen LogP contribution in [0.25, 0.3) is 0 Å². The van der Waals surface area contributed by atoms with E-state index in [2.05, 4.69) is 24.4 Å². The van der Waals surface area contributed by atoms with E-state index in [0.29, 0.717) is 13.3 Å². The van der Waals surface area contributed by atoms with Gasteiger partial charge in [0.2, 0.25) is 5.91 Å². The number of ether oxygens (including phenoxy) is 1. The van der Waals surface area contributed by atoms with Gasteiger partial charge in [0.25, 0.3) is 0 Å². The Morgan fingerprint density at radius 3 is 2.84 bits per heavy atom. The molecule has 2 unspecified atom stereocenters. The highest BCUT2D eigenvalue weighted by atomic mass is 16.5. The van der Waals surface area contributed by atoms with Crippen LogP contribution in [0.15, 0.2) is 30.3 Å². The molecule has 1 amide bonds. The molecule has 2 atom stereocenters. The van der Waals surface area contributed by atoms with E-state index in [-0.39, 0.29) is 18.0 Å². The second-order valence-corrected chi connectivity index (χ2v) is 5.04. The topological polar surface area (TPSA) is 41.6 Å². The maximum atomic E-state index is 12.3. The van der Waals surface area contributed by atoms with Crippen molar-refractivity contribution in [2.24, 2.45) is 0 Å². The van der Waals surface area contributed by atoms with Crippen LogP contribution in [0.5, 0.6) is 0 Å². The van der Waals surface area contributed by atoms with Crippen molar-refractivity contribution in [1.82, 2.24) is 10.2 Å². The van der Waals surface area contributed by atoms with Gasteiger partial charge in [-0.1, -0.05) is 30.3 Å². The van der Waals surface area contributed by atoms with Gasteiger partial charge in [0.15, 0.2) is 0 Å². The number of nitrogens with one attached hydrogen (secondary N) is 1. The molecule has 0 spiro atoms. The first-order chi connectivity index (χ1) is 9.22. The number of hydrogen-bond acceptors (Lipinski definition) is 3. The molecule has 1 aliphatic heterocycles. The van der Waals surface area contributed by atoms with E-state index in [1.54, 1.807) is 7.11 Å². The summed E-state index contributed by atoms with van der Waals surface area (Å²) in [6.45, 7) is 3.40. The average molecular weight is 262 g/mol. The Morgan fingerprint density at radius 1 is 1.42 bits per heavy atom. The van der Waals surface area contributed by atoms with Gasteiger partial charge in [-0.25, -0.2) is 0 Å². The molecule has 1 aromatic carbocycles. The third kappa shape index (κ3) is 3.55. The predicted octanol–water partition coefficient (Wildman–Crippen LogP) is 1.41. The molecule has 0 bridgehead atoms. The van der Waals surface area contributed by atoms with E-state index >= 15 is 0 Å². The van der Waals surface area contributed by atoms with Crippen LogP contribution < -0.4 is 5.32 Å². The van der Waals surface area contributed by atoms with E-state index in [4.69, 9.17) is 4.74 Å². The van der Waals surface area contributed by atoms with Crippen LogP contribution in [0.1, 0.15) is 18.9 Å². The Bertz CT molecular complexity index is 408. The van der Waals surface area contributed by atoms with Gasteiger partial charge < -0.3 is 9.64 Å². The minimum Gasteiger partial charge on any atom is -0.385 e. The monoisotopic (exact) mass is 262 g/mol. The van der Waals surface area contributed by atoms with Crippen molar-refractivity contribution in [3.63, 3.8) is 0 Å². The summed E-state index contributed by atoms with van der Waals surface area (Å²) in [7, 11) is 1.69. The molecule has 4 nitrogen and oxygen atoms in total. The van der Waals surface area contributed by atoms with Crippen LogP contribution in [0.2, 0.25) is 0 Å². The lowest BCUT2D eigenvalue weighted by Crippen LogP contribution is -2.38. The minimum absolute atomic E-state index is 0.0904. The molecule has 2 rings (SSSR count). The summed E-state index contributed by atoms with van der Waals surface area (Å²) in [5, 5.41) is 3.30. The van der Waals surface area contributed by atoms with Crippen LogP contribution in [-0.2, 0) is 16.0 Å². The number of carbonyl (C=O) groups is 1. The number of carbonyl (C=O) groups excluding carboxylic acids is 1. The van der Waals surface area contributed by atoms with Crippen molar-refractivity contribution in [1.29, 1.82) is 0 Å². The average Bonchev–Trinajstić information content (AvgIpc) is 2.79. The molecule has 1 aromatic rings. The van der Waals surface area contributed by atoms with Crippen molar-refractivity contribution in [2.75, 3.05) is 20.4 Å². The molecular weight excluding hydrogens is 240 g/mol. The summed E-state index contributed by atoms with van der Waals surface area (Å²) in [5.41, 5.74) is 1.19.